The summed E-state index contributed by atoms with van der Waals surface area (Å²) in [4.78, 5) is 7.11. The Morgan fingerprint density at radius 2 is 1.89 bits per heavy atom. The number of hydrogen-bond donors (Lipinski definition) is 1. The maximum absolute atomic E-state index is 12.7. The molecule has 0 unspecified atom stereocenters. The van der Waals surface area contributed by atoms with Gasteiger partial charge in [-0.2, -0.15) is 13.2 Å². The van der Waals surface area contributed by atoms with Gasteiger partial charge in [0.15, 0.2) is 5.69 Å². The molecule has 0 atom stereocenters. The molecule has 7 heteroatoms. The molecule has 2 aromatic heterocycles. The predicted octanol–water partition coefficient (Wildman–Crippen LogP) is 3.89. The molecular weight excluding hydrogens is 267 g/mol. The minimum atomic E-state index is -4.53. The fourth-order valence-corrected chi connectivity index (χ4v) is 1.50. The standard InChI is InChI=1S/C11H7ClF3N3/c12-7-3-5-16-6-9(7)18-8-2-1-4-17-10(8)11(13,14)15/h1-6,18H. The SMILES string of the molecule is FC(F)(F)c1ncccc1Nc1cnccc1Cl. The van der Waals surface area contributed by atoms with Crippen LogP contribution in [0.5, 0.6) is 0 Å². The van der Waals surface area contributed by atoms with Gasteiger partial charge in [0.05, 0.1) is 22.6 Å². The zero-order valence-corrected chi connectivity index (χ0v) is 9.63. The highest BCUT2D eigenvalue weighted by atomic mass is 35.5. The molecule has 18 heavy (non-hydrogen) atoms. The van der Waals surface area contributed by atoms with Crippen LogP contribution in [0.25, 0.3) is 0 Å². The van der Waals surface area contributed by atoms with E-state index in [0.717, 1.165) is 6.20 Å². The molecule has 0 fully saturated rings. The van der Waals surface area contributed by atoms with E-state index in [4.69, 9.17) is 11.6 Å². The van der Waals surface area contributed by atoms with Gasteiger partial charge in [0.2, 0.25) is 0 Å². The number of aromatic nitrogens is 2. The van der Waals surface area contributed by atoms with Crippen molar-refractivity contribution >= 4 is 23.0 Å². The summed E-state index contributed by atoms with van der Waals surface area (Å²) in [6.07, 6.45) is -0.659. The Balaban J connectivity index is 2.39. The molecule has 0 spiro atoms. The second-order valence-corrected chi connectivity index (χ2v) is 3.79. The summed E-state index contributed by atoms with van der Waals surface area (Å²) in [5, 5.41) is 2.85. The number of pyridine rings is 2. The Kier molecular flexibility index (Phi) is 3.38. The molecule has 0 aromatic carbocycles. The average molecular weight is 274 g/mol. The molecule has 2 aromatic rings. The fourth-order valence-electron chi connectivity index (χ4n) is 1.35. The molecule has 0 aliphatic heterocycles. The summed E-state index contributed by atoms with van der Waals surface area (Å²) in [6.45, 7) is 0. The molecule has 94 valence electrons. The highest BCUT2D eigenvalue weighted by molar-refractivity contribution is 6.33. The molecule has 0 amide bonds. The number of anilines is 2. The van der Waals surface area contributed by atoms with Crippen LogP contribution >= 0.6 is 11.6 Å². The van der Waals surface area contributed by atoms with Crippen LogP contribution in [0.1, 0.15) is 5.69 Å². The number of hydrogen-bond acceptors (Lipinski definition) is 3. The van der Waals surface area contributed by atoms with E-state index in [-0.39, 0.29) is 16.4 Å². The highest BCUT2D eigenvalue weighted by Gasteiger charge is 2.35. The maximum Gasteiger partial charge on any atom is 0.435 e. The number of rotatable bonds is 2. The molecular formula is C11H7ClF3N3. The van der Waals surface area contributed by atoms with Crippen molar-refractivity contribution in [2.24, 2.45) is 0 Å². The summed E-state index contributed by atoms with van der Waals surface area (Å²) in [6, 6.07) is 4.16. The largest absolute Gasteiger partial charge is 0.435 e. The molecule has 2 rings (SSSR count). The van der Waals surface area contributed by atoms with Gasteiger partial charge in [-0.25, -0.2) is 4.98 Å². The number of halogens is 4. The first-order valence-corrected chi connectivity index (χ1v) is 5.25. The van der Waals surface area contributed by atoms with Crippen LogP contribution in [-0.4, -0.2) is 9.97 Å². The monoisotopic (exact) mass is 273 g/mol. The highest BCUT2D eigenvalue weighted by Crippen LogP contribution is 2.35. The Morgan fingerprint density at radius 3 is 2.56 bits per heavy atom. The van der Waals surface area contributed by atoms with E-state index in [2.05, 4.69) is 15.3 Å². The first-order chi connectivity index (χ1) is 8.48. The molecule has 0 bridgehead atoms. The first kappa shape index (κ1) is 12.6. The van der Waals surface area contributed by atoms with Crippen LogP contribution in [-0.2, 0) is 6.18 Å². The van der Waals surface area contributed by atoms with Crippen molar-refractivity contribution in [3.8, 4) is 0 Å². The Morgan fingerprint density at radius 1 is 1.11 bits per heavy atom. The lowest BCUT2D eigenvalue weighted by atomic mass is 10.2. The van der Waals surface area contributed by atoms with E-state index in [1.54, 1.807) is 0 Å². The lowest BCUT2D eigenvalue weighted by Gasteiger charge is -2.13. The minimum Gasteiger partial charge on any atom is -0.351 e. The van der Waals surface area contributed by atoms with Crippen LogP contribution in [0.3, 0.4) is 0 Å². The first-order valence-electron chi connectivity index (χ1n) is 4.87. The van der Waals surface area contributed by atoms with E-state index < -0.39 is 11.9 Å². The third-order valence-electron chi connectivity index (χ3n) is 2.11. The number of alkyl halides is 3. The second-order valence-electron chi connectivity index (χ2n) is 3.38. The molecule has 3 nitrogen and oxygen atoms in total. The van der Waals surface area contributed by atoms with Gasteiger partial charge in [0, 0.05) is 12.4 Å². The minimum absolute atomic E-state index is 0.167. The van der Waals surface area contributed by atoms with E-state index in [1.807, 2.05) is 0 Å². The van der Waals surface area contributed by atoms with E-state index >= 15 is 0 Å². The van der Waals surface area contributed by atoms with Gasteiger partial charge in [0.25, 0.3) is 0 Å². The zero-order chi connectivity index (χ0) is 13.2. The van der Waals surface area contributed by atoms with Gasteiger partial charge in [-0.1, -0.05) is 11.6 Å². The Hall–Kier alpha value is -1.82. The molecule has 2 heterocycles. The van der Waals surface area contributed by atoms with E-state index in [0.29, 0.717) is 0 Å². The fraction of sp³-hybridized carbons (Fsp3) is 0.0909. The van der Waals surface area contributed by atoms with Crippen molar-refractivity contribution in [1.82, 2.24) is 9.97 Å². The molecule has 0 aliphatic carbocycles. The van der Waals surface area contributed by atoms with Crippen LogP contribution in [0.2, 0.25) is 5.02 Å². The lowest BCUT2D eigenvalue weighted by Crippen LogP contribution is -2.11. The second kappa shape index (κ2) is 4.81. The third kappa shape index (κ3) is 2.70. The molecule has 1 N–H and O–H groups in total. The normalized spacial score (nSPS) is 11.3. The molecule has 0 saturated carbocycles. The van der Waals surface area contributed by atoms with Crippen molar-refractivity contribution in [3.63, 3.8) is 0 Å². The smallest absolute Gasteiger partial charge is 0.351 e. The van der Waals surface area contributed by atoms with Crippen LogP contribution in [0.4, 0.5) is 24.5 Å². The summed E-state index contributed by atoms with van der Waals surface area (Å²) in [5.74, 6) is 0. The van der Waals surface area contributed by atoms with Gasteiger partial charge < -0.3 is 5.32 Å². The maximum atomic E-state index is 12.7. The molecule has 0 aliphatic rings. The summed E-state index contributed by atoms with van der Waals surface area (Å²) < 4.78 is 38.1. The van der Waals surface area contributed by atoms with Crippen molar-refractivity contribution < 1.29 is 13.2 Å². The van der Waals surface area contributed by atoms with E-state index in [1.165, 1.54) is 30.6 Å². The van der Waals surface area contributed by atoms with Crippen molar-refractivity contribution in [3.05, 3.63) is 47.5 Å². The summed E-state index contributed by atoms with van der Waals surface area (Å²) >= 11 is 5.84. The topological polar surface area (TPSA) is 37.8 Å². The zero-order valence-electron chi connectivity index (χ0n) is 8.87. The van der Waals surface area contributed by atoms with Crippen LogP contribution in [0.15, 0.2) is 36.8 Å². The average Bonchev–Trinajstić information content (AvgIpc) is 2.31. The number of nitrogens with zero attached hydrogens (tertiary/aromatic N) is 2. The van der Waals surface area contributed by atoms with Gasteiger partial charge in [-0.15, -0.1) is 0 Å². The van der Waals surface area contributed by atoms with Crippen molar-refractivity contribution in [2.45, 2.75) is 6.18 Å². The summed E-state index contributed by atoms with van der Waals surface area (Å²) in [7, 11) is 0. The van der Waals surface area contributed by atoms with Gasteiger partial charge >= 0.3 is 6.18 Å². The third-order valence-corrected chi connectivity index (χ3v) is 2.44. The molecule has 0 saturated heterocycles. The van der Waals surface area contributed by atoms with Crippen LogP contribution < -0.4 is 5.32 Å². The van der Waals surface area contributed by atoms with Crippen molar-refractivity contribution in [2.75, 3.05) is 5.32 Å². The quantitative estimate of drug-likeness (QED) is 0.902. The van der Waals surface area contributed by atoms with Crippen molar-refractivity contribution in [1.29, 1.82) is 0 Å². The van der Waals surface area contributed by atoms with Gasteiger partial charge in [-0.05, 0) is 18.2 Å². The number of nitrogens with one attached hydrogen (secondary N) is 1. The lowest BCUT2D eigenvalue weighted by molar-refractivity contribution is -0.140. The Bertz CT molecular complexity index is 557. The molecule has 0 radical (unpaired) electrons. The van der Waals surface area contributed by atoms with E-state index in [9.17, 15) is 13.2 Å². The van der Waals surface area contributed by atoms with Gasteiger partial charge in [-0.3, -0.25) is 4.98 Å². The predicted molar refractivity (Wildman–Crippen MR) is 61.8 cm³/mol. The Labute approximate surface area is 106 Å². The van der Waals surface area contributed by atoms with Gasteiger partial charge in [0.1, 0.15) is 0 Å². The summed E-state index contributed by atoms with van der Waals surface area (Å²) in [5.41, 5.74) is -0.873. The van der Waals surface area contributed by atoms with Crippen LogP contribution in [0, 0.1) is 0 Å².